The van der Waals surface area contributed by atoms with Crippen LogP contribution < -0.4 is 14.8 Å². The van der Waals surface area contributed by atoms with Gasteiger partial charge in [0.1, 0.15) is 0 Å². The Balaban J connectivity index is 1.42. The number of rotatable bonds is 6. The fourth-order valence-corrected chi connectivity index (χ4v) is 5.83. The van der Waals surface area contributed by atoms with E-state index < -0.39 is 5.92 Å². The van der Waals surface area contributed by atoms with Gasteiger partial charge in [-0.05, 0) is 80.5 Å². The number of amides is 1. The summed E-state index contributed by atoms with van der Waals surface area (Å²) in [7, 11) is 3.53. The lowest BCUT2D eigenvalue weighted by Gasteiger charge is -2.42. The number of carbonyl (C=O) groups is 3. The number of allylic oxidation sites excluding steroid dienone is 4. The Labute approximate surface area is 223 Å². The number of carbonyl (C=O) groups excluding carboxylic acids is 3. The molecule has 1 heterocycles. The molecule has 0 spiro atoms. The third-order valence-corrected chi connectivity index (χ3v) is 7.92. The summed E-state index contributed by atoms with van der Waals surface area (Å²) in [6.07, 6.45) is 4.29. The number of methoxy groups -OCH3 is 1. The van der Waals surface area contributed by atoms with Gasteiger partial charge in [0.25, 0.3) is 5.91 Å². The number of nitrogens with zero attached hydrogens (tertiary/aromatic N) is 1. The fraction of sp³-hybridized carbons (Fsp3) is 0.387. The van der Waals surface area contributed by atoms with E-state index >= 15 is 0 Å². The molecule has 38 heavy (non-hydrogen) atoms. The zero-order valence-electron chi connectivity index (χ0n) is 22.5. The topological polar surface area (TPSA) is 84.9 Å². The fourth-order valence-electron chi connectivity index (χ4n) is 5.83. The lowest BCUT2D eigenvalue weighted by molar-refractivity contribution is -0.118. The first-order valence-corrected chi connectivity index (χ1v) is 13.2. The number of ether oxygens (including phenoxy) is 2. The Hall–Kier alpha value is -3.87. The maximum absolute atomic E-state index is 13.2. The molecule has 5 rings (SSSR count). The summed E-state index contributed by atoms with van der Waals surface area (Å²) in [4.78, 5) is 41.1. The standard InChI is InChI=1S/C31H34N2O5/c1-18-11-13-21(15-19(18)2)32-28(36)17-38-26-14-12-20(16-27(26)37-4)29-30-22(7-5-9-24(30)34)33(3)23-8-6-10-25(35)31(23)29/h11-16,29H,5-10,17H2,1-4H3,(H,32,36). The second-order valence-electron chi connectivity index (χ2n) is 10.3. The van der Waals surface area contributed by atoms with E-state index in [9.17, 15) is 14.4 Å². The minimum Gasteiger partial charge on any atom is -0.493 e. The molecule has 1 aliphatic heterocycles. The highest BCUT2D eigenvalue weighted by molar-refractivity contribution is 6.06. The lowest BCUT2D eigenvalue weighted by Crippen LogP contribution is -2.37. The summed E-state index contributed by atoms with van der Waals surface area (Å²) in [6.45, 7) is 3.84. The van der Waals surface area contributed by atoms with Crippen molar-refractivity contribution >= 4 is 23.2 Å². The summed E-state index contributed by atoms with van der Waals surface area (Å²) in [5.74, 6) is 0.405. The molecule has 0 saturated heterocycles. The molecule has 0 aromatic heterocycles. The van der Waals surface area contributed by atoms with Crippen LogP contribution >= 0.6 is 0 Å². The lowest BCUT2D eigenvalue weighted by atomic mass is 9.71. The van der Waals surface area contributed by atoms with Gasteiger partial charge in [0.15, 0.2) is 29.7 Å². The maximum atomic E-state index is 13.2. The molecule has 2 aromatic rings. The second kappa shape index (κ2) is 10.5. The first kappa shape index (κ1) is 25.8. The Bertz CT molecular complexity index is 1340. The summed E-state index contributed by atoms with van der Waals surface area (Å²) in [6, 6.07) is 11.2. The number of aryl methyl sites for hydroxylation is 2. The quantitative estimate of drug-likeness (QED) is 0.558. The zero-order chi connectivity index (χ0) is 27.0. The molecule has 2 aliphatic carbocycles. The van der Waals surface area contributed by atoms with Crippen molar-refractivity contribution in [2.24, 2.45) is 0 Å². The minimum atomic E-state index is -0.409. The number of ketones is 2. The van der Waals surface area contributed by atoms with Gasteiger partial charge in [0.2, 0.25) is 0 Å². The monoisotopic (exact) mass is 514 g/mol. The maximum Gasteiger partial charge on any atom is 0.262 e. The molecule has 1 amide bonds. The zero-order valence-corrected chi connectivity index (χ0v) is 22.5. The molecule has 0 unspecified atom stereocenters. The van der Waals surface area contributed by atoms with Gasteiger partial charge in [-0.1, -0.05) is 12.1 Å². The van der Waals surface area contributed by atoms with Crippen LogP contribution in [0.4, 0.5) is 5.69 Å². The van der Waals surface area contributed by atoms with Crippen LogP contribution in [0.5, 0.6) is 11.5 Å². The first-order chi connectivity index (χ1) is 18.3. The van der Waals surface area contributed by atoms with E-state index in [2.05, 4.69) is 10.2 Å². The van der Waals surface area contributed by atoms with Crippen molar-refractivity contribution in [3.05, 3.63) is 75.6 Å². The van der Waals surface area contributed by atoms with Gasteiger partial charge in [-0.2, -0.15) is 0 Å². The average molecular weight is 515 g/mol. The summed E-state index contributed by atoms with van der Waals surface area (Å²) >= 11 is 0. The number of Topliss-reactive ketones (excluding diaryl/α,β-unsaturated/α-hetero) is 2. The van der Waals surface area contributed by atoms with Crippen LogP contribution in [-0.4, -0.2) is 43.1 Å². The molecular weight excluding hydrogens is 480 g/mol. The van der Waals surface area contributed by atoms with Crippen LogP contribution in [0.15, 0.2) is 58.9 Å². The van der Waals surface area contributed by atoms with Crippen molar-refractivity contribution in [1.82, 2.24) is 4.90 Å². The second-order valence-corrected chi connectivity index (χ2v) is 10.3. The van der Waals surface area contributed by atoms with E-state index in [1.54, 1.807) is 13.2 Å². The van der Waals surface area contributed by atoms with Crippen LogP contribution in [0.1, 0.15) is 61.1 Å². The van der Waals surface area contributed by atoms with Gasteiger partial charge < -0.3 is 19.7 Å². The molecule has 1 N–H and O–H groups in total. The normalized spacial score (nSPS) is 17.8. The van der Waals surface area contributed by atoms with E-state index in [-0.39, 0.29) is 24.1 Å². The summed E-state index contributed by atoms with van der Waals surface area (Å²) in [5.41, 5.74) is 7.32. The van der Waals surface area contributed by atoms with Crippen molar-refractivity contribution < 1.29 is 23.9 Å². The number of benzene rings is 2. The number of hydrogen-bond donors (Lipinski definition) is 1. The van der Waals surface area contributed by atoms with E-state index in [4.69, 9.17) is 9.47 Å². The number of hydrogen-bond acceptors (Lipinski definition) is 6. The molecular formula is C31H34N2O5. The third kappa shape index (κ3) is 4.73. The van der Waals surface area contributed by atoms with Gasteiger partial charge in [-0.15, -0.1) is 0 Å². The van der Waals surface area contributed by atoms with Crippen LogP contribution in [-0.2, 0) is 14.4 Å². The molecule has 0 atom stereocenters. The smallest absolute Gasteiger partial charge is 0.262 e. The molecule has 2 aromatic carbocycles. The summed E-state index contributed by atoms with van der Waals surface area (Å²) < 4.78 is 11.5. The summed E-state index contributed by atoms with van der Waals surface area (Å²) in [5, 5.41) is 2.86. The number of anilines is 1. The van der Waals surface area contributed by atoms with Crippen molar-refractivity contribution in [3.8, 4) is 11.5 Å². The molecule has 0 bridgehead atoms. The molecule has 7 nitrogen and oxygen atoms in total. The van der Waals surface area contributed by atoms with Gasteiger partial charge in [0.05, 0.1) is 7.11 Å². The van der Waals surface area contributed by atoms with Crippen molar-refractivity contribution in [1.29, 1.82) is 0 Å². The van der Waals surface area contributed by atoms with Crippen molar-refractivity contribution in [2.75, 3.05) is 26.1 Å². The van der Waals surface area contributed by atoms with Gasteiger partial charge in [-0.3, -0.25) is 14.4 Å². The van der Waals surface area contributed by atoms with Crippen molar-refractivity contribution in [2.45, 2.75) is 58.3 Å². The molecule has 198 valence electrons. The van der Waals surface area contributed by atoms with Crippen LogP contribution in [0.2, 0.25) is 0 Å². The van der Waals surface area contributed by atoms with Crippen molar-refractivity contribution in [3.63, 3.8) is 0 Å². The SMILES string of the molecule is COc1cc(C2C3=C(CCCC3=O)N(C)C3=C2C(=O)CCC3)ccc1OCC(=O)Nc1ccc(C)c(C)c1. The predicted molar refractivity (Wildman–Crippen MR) is 145 cm³/mol. The number of nitrogens with one attached hydrogen (secondary N) is 1. The molecule has 3 aliphatic rings. The van der Waals surface area contributed by atoms with Crippen LogP contribution in [0.25, 0.3) is 0 Å². The highest BCUT2D eigenvalue weighted by Gasteiger charge is 2.42. The molecule has 7 heteroatoms. The molecule has 0 fully saturated rings. The van der Waals surface area contributed by atoms with E-state index in [1.165, 1.54) is 0 Å². The van der Waals surface area contributed by atoms with Gasteiger partial charge >= 0.3 is 0 Å². The van der Waals surface area contributed by atoms with Crippen LogP contribution in [0.3, 0.4) is 0 Å². The Morgan fingerprint density at radius 1 is 0.895 bits per heavy atom. The molecule has 0 radical (unpaired) electrons. The largest absolute Gasteiger partial charge is 0.493 e. The van der Waals surface area contributed by atoms with Gasteiger partial charge in [-0.25, -0.2) is 0 Å². The molecule has 0 saturated carbocycles. The third-order valence-electron chi connectivity index (χ3n) is 7.92. The van der Waals surface area contributed by atoms with E-state index in [1.807, 2.05) is 51.2 Å². The Morgan fingerprint density at radius 2 is 1.55 bits per heavy atom. The van der Waals surface area contributed by atoms with Gasteiger partial charge in [0, 0.05) is 54.0 Å². The highest BCUT2D eigenvalue weighted by atomic mass is 16.5. The van der Waals surface area contributed by atoms with E-state index in [0.29, 0.717) is 30.0 Å². The Kier molecular flexibility index (Phi) is 7.11. The Morgan fingerprint density at radius 3 is 2.16 bits per heavy atom. The highest BCUT2D eigenvalue weighted by Crippen LogP contribution is 2.49. The average Bonchev–Trinajstić information content (AvgIpc) is 2.91. The minimum absolute atomic E-state index is 0.107. The predicted octanol–water partition coefficient (Wildman–Crippen LogP) is 5.37. The van der Waals surface area contributed by atoms with E-state index in [0.717, 1.165) is 64.9 Å². The first-order valence-electron chi connectivity index (χ1n) is 13.2. The van der Waals surface area contributed by atoms with Crippen LogP contribution in [0, 0.1) is 13.8 Å².